The molecule has 136 valence electrons. The Labute approximate surface area is 161 Å². The van der Waals surface area contributed by atoms with E-state index in [1.165, 1.54) is 44.0 Å². The molecule has 0 spiro atoms. The Bertz CT molecular complexity index is 1020. The van der Waals surface area contributed by atoms with Crippen molar-refractivity contribution >= 4 is 32.9 Å². The van der Waals surface area contributed by atoms with Gasteiger partial charge in [-0.15, -0.1) is 0 Å². The van der Waals surface area contributed by atoms with Gasteiger partial charge in [0.1, 0.15) is 0 Å². The third-order valence-corrected chi connectivity index (χ3v) is 5.35. The Balaban J connectivity index is 2.00. The number of nitrogens with zero attached hydrogens (tertiary/aromatic N) is 2. The van der Waals surface area contributed by atoms with Crippen LogP contribution in [-0.2, 0) is 6.42 Å². The van der Waals surface area contributed by atoms with Crippen molar-refractivity contribution in [2.75, 3.05) is 38.0 Å². The van der Waals surface area contributed by atoms with Gasteiger partial charge >= 0.3 is 0 Å². The SMILES string of the molecule is CN(C)c1ccc2ccccc2c1Cc1c(N(C)C)ccc2ccccc12. The Morgan fingerprint density at radius 3 is 1.33 bits per heavy atom. The monoisotopic (exact) mass is 354 g/mol. The van der Waals surface area contributed by atoms with E-state index in [1.807, 2.05) is 0 Å². The van der Waals surface area contributed by atoms with Gasteiger partial charge < -0.3 is 9.80 Å². The van der Waals surface area contributed by atoms with E-state index in [-0.39, 0.29) is 0 Å². The molecule has 0 radical (unpaired) electrons. The van der Waals surface area contributed by atoms with Gasteiger partial charge in [0.25, 0.3) is 0 Å². The topological polar surface area (TPSA) is 6.48 Å². The maximum Gasteiger partial charge on any atom is 0.0403 e. The van der Waals surface area contributed by atoms with Gasteiger partial charge in [-0.05, 0) is 44.8 Å². The van der Waals surface area contributed by atoms with Crippen molar-refractivity contribution in [3.05, 3.63) is 83.9 Å². The number of anilines is 2. The molecule has 2 heteroatoms. The summed E-state index contributed by atoms with van der Waals surface area (Å²) in [5, 5.41) is 5.26. The highest BCUT2D eigenvalue weighted by atomic mass is 15.1. The lowest BCUT2D eigenvalue weighted by Crippen LogP contribution is -2.14. The first kappa shape index (κ1) is 17.4. The van der Waals surface area contributed by atoms with Crippen LogP contribution in [0.2, 0.25) is 0 Å². The molecule has 4 aromatic carbocycles. The maximum atomic E-state index is 2.25. The molecule has 0 fully saturated rings. The van der Waals surface area contributed by atoms with E-state index in [2.05, 4.69) is 111 Å². The van der Waals surface area contributed by atoms with Gasteiger partial charge in [0.2, 0.25) is 0 Å². The standard InChI is InChI=1S/C25H26N2/c1-26(2)24-15-13-18-9-5-7-11-20(18)22(24)17-23-21-12-8-6-10-19(21)14-16-25(23)27(3)4/h5-16H,17H2,1-4H3. The van der Waals surface area contributed by atoms with Crippen LogP contribution in [-0.4, -0.2) is 28.2 Å². The molecule has 4 aromatic rings. The highest BCUT2D eigenvalue weighted by Gasteiger charge is 2.15. The fourth-order valence-electron chi connectivity index (χ4n) is 4.04. The van der Waals surface area contributed by atoms with E-state index >= 15 is 0 Å². The highest BCUT2D eigenvalue weighted by Crippen LogP contribution is 2.35. The van der Waals surface area contributed by atoms with Crippen molar-refractivity contribution in [3.63, 3.8) is 0 Å². The summed E-state index contributed by atoms with van der Waals surface area (Å²) in [7, 11) is 8.51. The molecule has 0 aliphatic carbocycles. The summed E-state index contributed by atoms with van der Waals surface area (Å²) in [6.45, 7) is 0. The Morgan fingerprint density at radius 2 is 0.926 bits per heavy atom. The lowest BCUT2D eigenvalue weighted by molar-refractivity contribution is 1.07. The second kappa shape index (κ2) is 6.96. The average Bonchev–Trinajstić information content (AvgIpc) is 2.68. The number of fused-ring (bicyclic) bond motifs is 2. The van der Waals surface area contributed by atoms with Gasteiger partial charge in [0, 0.05) is 46.0 Å². The lowest BCUT2D eigenvalue weighted by Gasteiger charge is -2.23. The maximum absolute atomic E-state index is 2.25. The smallest absolute Gasteiger partial charge is 0.0403 e. The van der Waals surface area contributed by atoms with Crippen LogP contribution in [0.3, 0.4) is 0 Å². The number of hydrogen-bond donors (Lipinski definition) is 0. The molecule has 0 N–H and O–H groups in total. The fraction of sp³-hybridized carbons (Fsp3) is 0.200. The van der Waals surface area contributed by atoms with Gasteiger partial charge in [0.15, 0.2) is 0 Å². The number of benzene rings is 4. The zero-order valence-corrected chi connectivity index (χ0v) is 16.5. The molecule has 0 aliphatic heterocycles. The van der Waals surface area contributed by atoms with Crippen LogP contribution < -0.4 is 9.80 Å². The van der Waals surface area contributed by atoms with E-state index in [9.17, 15) is 0 Å². The Morgan fingerprint density at radius 1 is 0.519 bits per heavy atom. The quantitative estimate of drug-likeness (QED) is 0.463. The minimum atomic E-state index is 0.906. The molecular weight excluding hydrogens is 328 g/mol. The van der Waals surface area contributed by atoms with Gasteiger partial charge in [-0.25, -0.2) is 0 Å². The van der Waals surface area contributed by atoms with Crippen LogP contribution in [0.25, 0.3) is 21.5 Å². The second-order valence-corrected chi connectivity index (χ2v) is 7.53. The molecule has 0 heterocycles. The first-order valence-electron chi connectivity index (χ1n) is 9.42. The zero-order valence-electron chi connectivity index (χ0n) is 16.5. The van der Waals surface area contributed by atoms with E-state index in [0.29, 0.717) is 0 Å². The first-order chi connectivity index (χ1) is 13.1. The molecule has 0 atom stereocenters. The van der Waals surface area contributed by atoms with Crippen LogP contribution in [0.5, 0.6) is 0 Å². The second-order valence-electron chi connectivity index (χ2n) is 7.53. The van der Waals surface area contributed by atoms with Crippen LogP contribution in [0, 0.1) is 0 Å². The molecule has 0 saturated carbocycles. The van der Waals surface area contributed by atoms with Crippen molar-refractivity contribution in [2.24, 2.45) is 0 Å². The molecular formula is C25H26N2. The van der Waals surface area contributed by atoms with Crippen molar-refractivity contribution < 1.29 is 0 Å². The van der Waals surface area contributed by atoms with Crippen LogP contribution >= 0.6 is 0 Å². The molecule has 0 bridgehead atoms. The third-order valence-electron chi connectivity index (χ3n) is 5.35. The molecule has 0 aromatic heterocycles. The predicted octanol–water partition coefficient (Wildman–Crippen LogP) is 5.72. The molecule has 27 heavy (non-hydrogen) atoms. The summed E-state index contributed by atoms with van der Waals surface area (Å²) in [6.07, 6.45) is 0.906. The summed E-state index contributed by atoms with van der Waals surface area (Å²) in [4.78, 5) is 4.45. The highest BCUT2D eigenvalue weighted by molar-refractivity contribution is 5.94. The van der Waals surface area contributed by atoms with Crippen molar-refractivity contribution in [2.45, 2.75) is 6.42 Å². The normalized spacial score (nSPS) is 11.1. The van der Waals surface area contributed by atoms with Gasteiger partial charge in [-0.3, -0.25) is 0 Å². The molecule has 4 rings (SSSR count). The zero-order chi connectivity index (χ0) is 19.0. The van der Waals surface area contributed by atoms with E-state index in [1.54, 1.807) is 0 Å². The Hall–Kier alpha value is -3.00. The summed E-state index contributed by atoms with van der Waals surface area (Å²) >= 11 is 0. The summed E-state index contributed by atoms with van der Waals surface area (Å²) in [5.74, 6) is 0. The lowest BCUT2D eigenvalue weighted by atomic mass is 9.92. The Kier molecular flexibility index (Phi) is 4.49. The summed E-state index contributed by atoms with van der Waals surface area (Å²) in [5.41, 5.74) is 5.34. The molecule has 0 unspecified atom stereocenters. The number of rotatable bonds is 4. The molecule has 0 saturated heterocycles. The first-order valence-corrected chi connectivity index (χ1v) is 9.42. The van der Waals surface area contributed by atoms with Crippen LogP contribution in [0.15, 0.2) is 72.8 Å². The molecule has 2 nitrogen and oxygen atoms in total. The minimum absolute atomic E-state index is 0.906. The summed E-state index contributed by atoms with van der Waals surface area (Å²) < 4.78 is 0. The van der Waals surface area contributed by atoms with E-state index < -0.39 is 0 Å². The van der Waals surface area contributed by atoms with Crippen molar-refractivity contribution in [1.29, 1.82) is 0 Å². The van der Waals surface area contributed by atoms with Crippen LogP contribution in [0.4, 0.5) is 11.4 Å². The number of hydrogen-bond acceptors (Lipinski definition) is 2. The largest absolute Gasteiger partial charge is 0.377 e. The van der Waals surface area contributed by atoms with Gasteiger partial charge in [-0.1, -0.05) is 60.7 Å². The van der Waals surface area contributed by atoms with Crippen LogP contribution in [0.1, 0.15) is 11.1 Å². The van der Waals surface area contributed by atoms with Gasteiger partial charge in [-0.2, -0.15) is 0 Å². The van der Waals surface area contributed by atoms with Crippen molar-refractivity contribution in [3.8, 4) is 0 Å². The third kappa shape index (κ3) is 3.12. The predicted molar refractivity (Wildman–Crippen MR) is 119 cm³/mol. The van der Waals surface area contributed by atoms with E-state index in [4.69, 9.17) is 0 Å². The van der Waals surface area contributed by atoms with Gasteiger partial charge in [0.05, 0.1) is 0 Å². The van der Waals surface area contributed by atoms with Crippen molar-refractivity contribution in [1.82, 2.24) is 0 Å². The summed E-state index contributed by atoms with van der Waals surface area (Å²) in [6, 6.07) is 26.4. The minimum Gasteiger partial charge on any atom is -0.377 e. The van der Waals surface area contributed by atoms with E-state index in [0.717, 1.165) is 6.42 Å². The fourth-order valence-corrected chi connectivity index (χ4v) is 4.04. The average molecular weight is 354 g/mol. The molecule has 0 aliphatic rings. The molecule has 0 amide bonds.